The molecule has 1 fully saturated rings. The number of rotatable bonds is 4. The molecule has 0 aliphatic carbocycles. The fraction of sp³-hybridized carbons (Fsp3) is 0.700. The zero-order chi connectivity index (χ0) is 13.2. The van der Waals surface area contributed by atoms with E-state index in [-0.39, 0.29) is 4.90 Å². The molecular weight excluding hydrogens is 272 g/mol. The first-order chi connectivity index (χ1) is 8.54. The summed E-state index contributed by atoms with van der Waals surface area (Å²) in [6.45, 7) is 4.15. The third-order valence-electron chi connectivity index (χ3n) is 2.81. The highest BCUT2D eigenvalue weighted by Crippen LogP contribution is 2.23. The molecule has 0 bridgehead atoms. The van der Waals surface area contributed by atoms with Crippen molar-refractivity contribution >= 4 is 21.8 Å². The lowest BCUT2D eigenvalue weighted by Crippen LogP contribution is -2.40. The molecule has 18 heavy (non-hydrogen) atoms. The highest BCUT2D eigenvalue weighted by atomic mass is 32.2. The number of nitrogens with two attached hydrogens (primary N) is 1. The van der Waals surface area contributed by atoms with Gasteiger partial charge in [0.2, 0.25) is 10.0 Å². The summed E-state index contributed by atoms with van der Waals surface area (Å²) in [6, 6.07) is 0. The molecule has 1 aromatic heterocycles. The summed E-state index contributed by atoms with van der Waals surface area (Å²) >= 11 is 1.80. The van der Waals surface area contributed by atoms with E-state index in [0.717, 1.165) is 5.75 Å². The van der Waals surface area contributed by atoms with Crippen LogP contribution in [-0.2, 0) is 16.6 Å². The number of aromatic nitrogens is 2. The minimum absolute atomic E-state index is 0.259. The van der Waals surface area contributed by atoms with Gasteiger partial charge in [-0.15, -0.1) is 0 Å². The summed E-state index contributed by atoms with van der Waals surface area (Å²) in [5, 5.41) is 4.35. The van der Waals surface area contributed by atoms with Crippen molar-refractivity contribution in [2.24, 2.45) is 5.73 Å². The Labute approximate surface area is 112 Å². The normalized spacial score (nSPS) is 22.2. The van der Waals surface area contributed by atoms with Crippen molar-refractivity contribution in [3.8, 4) is 0 Å². The Balaban J connectivity index is 2.18. The van der Waals surface area contributed by atoms with E-state index < -0.39 is 10.0 Å². The maximum Gasteiger partial charge on any atom is 0.246 e. The van der Waals surface area contributed by atoms with Crippen LogP contribution in [0.4, 0.5) is 0 Å². The first-order valence-corrected chi connectivity index (χ1v) is 8.37. The van der Waals surface area contributed by atoms with Gasteiger partial charge in [-0.25, -0.2) is 8.42 Å². The Bertz CT molecular complexity index is 500. The van der Waals surface area contributed by atoms with E-state index in [1.165, 1.54) is 10.5 Å². The minimum Gasteiger partial charge on any atom is -0.329 e. The Morgan fingerprint density at radius 3 is 3.06 bits per heavy atom. The molecule has 1 atom stereocenters. The molecule has 2 rings (SSSR count). The predicted molar refractivity (Wildman–Crippen MR) is 72.0 cm³/mol. The molecule has 0 amide bonds. The molecule has 2 heterocycles. The van der Waals surface area contributed by atoms with Crippen molar-refractivity contribution in [2.45, 2.75) is 23.6 Å². The van der Waals surface area contributed by atoms with Crippen molar-refractivity contribution in [1.82, 2.24) is 14.1 Å². The van der Waals surface area contributed by atoms with E-state index in [0.29, 0.717) is 31.4 Å². The highest BCUT2D eigenvalue weighted by Gasteiger charge is 2.29. The second-order valence-electron chi connectivity index (χ2n) is 4.27. The third-order valence-corrected chi connectivity index (χ3v) is 5.76. The molecule has 6 nitrogen and oxygen atoms in total. The van der Waals surface area contributed by atoms with Gasteiger partial charge < -0.3 is 5.73 Å². The van der Waals surface area contributed by atoms with Crippen molar-refractivity contribution in [1.29, 1.82) is 0 Å². The fourth-order valence-corrected chi connectivity index (χ4v) is 4.59. The van der Waals surface area contributed by atoms with Gasteiger partial charge in [0.05, 0.1) is 12.7 Å². The van der Waals surface area contributed by atoms with Gasteiger partial charge in [0.1, 0.15) is 4.90 Å². The summed E-state index contributed by atoms with van der Waals surface area (Å²) in [4.78, 5) is 0.259. The molecule has 1 aliphatic rings. The maximum absolute atomic E-state index is 12.4. The Kier molecular flexibility index (Phi) is 4.31. The second kappa shape index (κ2) is 5.60. The van der Waals surface area contributed by atoms with Crippen LogP contribution in [-0.4, -0.2) is 53.1 Å². The van der Waals surface area contributed by atoms with Gasteiger partial charge >= 0.3 is 0 Å². The van der Waals surface area contributed by atoms with Crippen LogP contribution in [0, 0.1) is 0 Å². The molecular formula is C10H18N4O2S2. The second-order valence-corrected chi connectivity index (χ2v) is 7.76. The van der Waals surface area contributed by atoms with Gasteiger partial charge in [-0.1, -0.05) is 6.92 Å². The average Bonchev–Trinajstić information content (AvgIpc) is 2.79. The van der Waals surface area contributed by atoms with Gasteiger partial charge in [-0.05, 0) is 0 Å². The van der Waals surface area contributed by atoms with Crippen LogP contribution in [0.25, 0.3) is 0 Å². The summed E-state index contributed by atoms with van der Waals surface area (Å²) in [7, 11) is -3.40. The quantitative estimate of drug-likeness (QED) is 0.842. The van der Waals surface area contributed by atoms with E-state index in [1.54, 1.807) is 22.6 Å². The van der Waals surface area contributed by atoms with E-state index in [2.05, 4.69) is 5.10 Å². The minimum atomic E-state index is -3.40. The standard InChI is InChI=1S/C10H18N4O2S2/c1-9-7-14(4-5-17-9)18(15,16)10-6-12-13(8-10)3-2-11/h6,8-9H,2-5,7,11H2,1H3. The summed E-state index contributed by atoms with van der Waals surface area (Å²) < 4.78 is 27.9. The van der Waals surface area contributed by atoms with Gasteiger partial charge in [-0.3, -0.25) is 4.68 Å². The smallest absolute Gasteiger partial charge is 0.246 e. The van der Waals surface area contributed by atoms with E-state index in [1.807, 2.05) is 6.92 Å². The predicted octanol–water partition coefficient (Wildman–Crippen LogP) is -0.0322. The van der Waals surface area contributed by atoms with Gasteiger partial charge in [0.15, 0.2) is 0 Å². The van der Waals surface area contributed by atoms with E-state index in [9.17, 15) is 8.42 Å². The fourth-order valence-electron chi connectivity index (χ4n) is 1.89. The molecule has 0 aromatic carbocycles. The van der Waals surface area contributed by atoms with Crippen LogP contribution in [0.1, 0.15) is 6.92 Å². The van der Waals surface area contributed by atoms with Crippen LogP contribution in [0.2, 0.25) is 0 Å². The molecule has 8 heteroatoms. The summed E-state index contributed by atoms with van der Waals surface area (Å²) in [5.74, 6) is 0.845. The monoisotopic (exact) mass is 290 g/mol. The molecule has 1 saturated heterocycles. The lowest BCUT2D eigenvalue weighted by atomic mass is 10.4. The van der Waals surface area contributed by atoms with Crippen LogP contribution in [0.15, 0.2) is 17.3 Å². The Hall–Kier alpha value is -0.570. The summed E-state index contributed by atoms with van der Waals surface area (Å²) in [5.41, 5.74) is 5.42. The average molecular weight is 290 g/mol. The topological polar surface area (TPSA) is 81.2 Å². The van der Waals surface area contributed by atoms with E-state index >= 15 is 0 Å². The molecule has 1 unspecified atom stereocenters. The molecule has 0 saturated carbocycles. The SMILES string of the molecule is CC1CN(S(=O)(=O)c2cnn(CCN)c2)CCS1. The van der Waals surface area contributed by atoms with Crippen LogP contribution < -0.4 is 5.73 Å². The van der Waals surface area contributed by atoms with Gasteiger partial charge in [-0.2, -0.15) is 21.2 Å². The lowest BCUT2D eigenvalue weighted by molar-refractivity contribution is 0.424. The van der Waals surface area contributed by atoms with Crippen molar-refractivity contribution < 1.29 is 8.42 Å². The maximum atomic E-state index is 12.4. The van der Waals surface area contributed by atoms with Crippen molar-refractivity contribution in [2.75, 3.05) is 25.4 Å². The van der Waals surface area contributed by atoms with E-state index in [4.69, 9.17) is 5.73 Å². The third kappa shape index (κ3) is 2.87. The molecule has 1 aliphatic heterocycles. The van der Waals surface area contributed by atoms with Crippen LogP contribution in [0.3, 0.4) is 0 Å². The zero-order valence-electron chi connectivity index (χ0n) is 10.3. The number of thioether (sulfide) groups is 1. The number of hydrogen-bond donors (Lipinski definition) is 1. The van der Waals surface area contributed by atoms with Crippen LogP contribution >= 0.6 is 11.8 Å². The zero-order valence-corrected chi connectivity index (χ0v) is 12.0. The number of nitrogens with zero attached hydrogens (tertiary/aromatic N) is 3. The van der Waals surface area contributed by atoms with Gasteiger partial charge in [0.25, 0.3) is 0 Å². The first-order valence-electron chi connectivity index (χ1n) is 5.88. The lowest BCUT2D eigenvalue weighted by Gasteiger charge is -2.29. The Morgan fingerprint density at radius 1 is 1.61 bits per heavy atom. The van der Waals surface area contributed by atoms with Crippen molar-refractivity contribution in [3.05, 3.63) is 12.4 Å². The Morgan fingerprint density at radius 2 is 2.39 bits per heavy atom. The first kappa shape index (κ1) is 13.9. The van der Waals surface area contributed by atoms with Gasteiger partial charge in [0, 0.05) is 36.8 Å². The molecule has 102 valence electrons. The van der Waals surface area contributed by atoms with Crippen LogP contribution in [0.5, 0.6) is 0 Å². The largest absolute Gasteiger partial charge is 0.329 e. The number of sulfonamides is 1. The number of hydrogen-bond acceptors (Lipinski definition) is 5. The molecule has 0 spiro atoms. The highest BCUT2D eigenvalue weighted by molar-refractivity contribution is 8.00. The molecule has 1 aromatic rings. The van der Waals surface area contributed by atoms with Crippen molar-refractivity contribution in [3.63, 3.8) is 0 Å². The molecule has 2 N–H and O–H groups in total. The molecule has 0 radical (unpaired) electrons. The summed E-state index contributed by atoms with van der Waals surface area (Å²) in [6.07, 6.45) is 2.95.